The average Bonchev–Trinajstić information content (AvgIpc) is 2.30. The second-order valence-electron chi connectivity index (χ2n) is 3.47. The minimum atomic E-state index is 0.991. The van der Waals surface area contributed by atoms with Crippen molar-refractivity contribution in [3.05, 3.63) is 0 Å². The average molecular weight is 252 g/mol. The number of hydrogen-bond donors (Lipinski definition) is 0. The molecule has 2 rings (SSSR count). The highest BCUT2D eigenvalue weighted by atomic mass is 35.5. The predicted octanol–water partition coefficient (Wildman–Crippen LogP) is 1.39. The summed E-state index contributed by atoms with van der Waals surface area (Å²) >= 11 is 10.4. The largest absolute Gasteiger partial charge is 0.345 e. The maximum Gasteiger partial charge on any atom is 0.345 e. The van der Waals surface area contributed by atoms with Crippen LogP contribution in [0, 0.1) is 0 Å². The lowest BCUT2D eigenvalue weighted by molar-refractivity contribution is -0.523. The molecule has 2 aliphatic heterocycles. The molecule has 0 atom stereocenters. The van der Waals surface area contributed by atoms with E-state index in [4.69, 9.17) is 11.6 Å². The maximum absolute atomic E-state index is 6.39. The van der Waals surface area contributed by atoms with E-state index in [1.807, 2.05) is 23.5 Å². The highest BCUT2D eigenvalue weighted by molar-refractivity contribution is 7.99. The Morgan fingerprint density at radius 1 is 1.00 bits per heavy atom. The van der Waals surface area contributed by atoms with Crippen LogP contribution in [0.4, 0.5) is 0 Å². The summed E-state index contributed by atoms with van der Waals surface area (Å²) in [6.07, 6.45) is 0. The van der Waals surface area contributed by atoms with Gasteiger partial charge in [0.25, 0.3) is 0 Å². The standard InChI is InChI=1S/C9H16ClN2S2/c10-9(11-1-5-13-6-2-11)12-3-7-14-8-4-12/h1-8H2/q+1. The van der Waals surface area contributed by atoms with Gasteiger partial charge in [0.2, 0.25) is 0 Å². The van der Waals surface area contributed by atoms with Crippen LogP contribution in [0.3, 0.4) is 0 Å². The molecule has 80 valence electrons. The summed E-state index contributed by atoms with van der Waals surface area (Å²) in [5.41, 5.74) is 0. The SMILES string of the molecule is ClC(N1CCSCC1)=[N+]1CCSCC1. The normalized spacial score (nSPS) is 23.8. The van der Waals surface area contributed by atoms with Gasteiger partial charge in [-0.1, -0.05) is 0 Å². The zero-order chi connectivity index (χ0) is 9.80. The van der Waals surface area contributed by atoms with E-state index in [9.17, 15) is 0 Å². The summed E-state index contributed by atoms with van der Waals surface area (Å²) in [4.78, 5) is 2.33. The van der Waals surface area contributed by atoms with Gasteiger partial charge in [-0.05, 0) is 0 Å². The van der Waals surface area contributed by atoms with Crippen molar-refractivity contribution in [2.24, 2.45) is 0 Å². The van der Waals surface area contributed by atoms with Gasteiger partial charge in [-0.15, -0.1) is 0 Å². The van der Waals surface area contributed by atoms with E-state index in [0.717, 1.165) is 31.5 Å². The Labute approximate surface area is 99.1 Å². The molecular weight excluding hydrogens is 236 g/mol. The zero-order valence-electron chi connectivity index (χ0n) is 8.25. The fourth-order valence-electron chi connectivity index (χ4n) is 1.70. The van der Waals surface area contributed by atoms with Gasteiger partial charge in [-0.3, -0.25) is 0 Å². The van der Waals surface area contributed by atoms with Gasteiger partial charge in [0, 0.05) is 34.6 Å². The van der Waals surface area contributed by atoms with E-state index in [2.05, 4.69) is 9.48 Å². The monoisotopic (exact) mass is 251 g/mol. The summed E-state index contributed by atoms with van der Waals surface area (Å²) in [6, 6.07) is 0. The van der Waals surface area contributed by atoms with E-state index in [1.54, 1.807) is 0 Å². The summed E-state index contributed by atoms with van der Waals surface area (Å²) < 4.78 is 2.33. The fourth-order valence-corrected chi connectivity index (χ4v) is 3.84. The molecule has 0 radical (unpaired) electrons. The molecule has 0 bridgehead atoms. The van der Waals surface area contributed by atoms with E-state index < -0.39 is 0 Å². The van der Waals surface area contributed by atoms with Crippen molar-refractivity contribution in [2.45, 2.75) is 0 Å². The Morgan fingerprint density at radius 3 is 2.21 bits per heavy atom. The Bertz CT molecular complexity index is 219. The molecule has 0 aliphatic carbocycles. The van der Waals surface area contributed by atoms with Gasteiger partial charge < -0.3 is 0 Å². The maximum atomic E-state index is 6.39. The molecule has 2 fully saturated rings. The first kappa shape index (κ1) is 11.0. The number of rotatable bonds is 0. The molecule has 0 aromatic carbocycles. The van der Waals surface area contributed by atoms with Crippen LogP contribution in [0.25, 0.3) is 0 Å². The van der Waals surface area contributed by atoms with Crippen LogP contribution in [-0.4, -0.2) is 64.0 Å². The number of amidine groups is 1. The third-order valence-electron chi connectivity index (χ3n) is 2.54. The number of thioether (sulfide) groups is 2. The van der Waals surface area contributed by atoms with Crippen LogP contribution >= 0.6 is 35.1 Å². The lowest BCUT2D eigenvalue weighted by Gasteiger charge is -2.23. The first-order valence-corrected chi connectivity index (χ1v) is 7.74. The molecule has 0 spiro atoms. The summed E-state index contributed by atoms with van der Waals surface area (Å²) in [7, 11) is 0. The Kier molecular flexibility index (Phi) is 4.32. The van der Waals surface area contributed by atoms with Crippen molar-refractivity contribution >= 4 is 40.4 Å². The minimum absolute atomic E-state index is 0.991. The molecule has 0 saturated carbocycles. The molecule has 2 saturated heterocycles. The molecule has 0 N–H and O–H groups in total. The highest BCUT2D eigenvalue weighted by Crippen LogP contribution is 2.13. The van der Waals surface area contributed by atoms with Crippen molar-refractivity contribution in [3.8, 4) is 0 Å². The van der Waals surface area contributed by atoms with E-state index in [0.29, 0.717) is 0 Å². The van der Waals surface area contributed by atoms with Crippen LogP contribution in [0.5, 0.6) is 0 Å². The molecule has 2 aliphatic rings. The van der Waals surface area contributed by atoms with Gasteiger partial charge in [0.15, 0.2) is 0 Å². The molecule has 14 heavy (non-hydrogen) atoms. The third kappa shape index (κ3) is 2.74. The topological polar surface area (TPSA) is 6.25 Å². The quantitative estimate of drug-likeness (QED) is 0.365. The smallest absolute Gasteiger partial charge is 0.250 e. The van der Waals surface area contributed by atoms with Gasteiger partial charge in [-0.2, -0.15) is 23.5 Å². The second kappa shape index (κ2) is 5.52. The summed E-state index contributed by atoms with van der Waals surface area (Å²) in [6.45, 7) is 4.47. The molecule has 0 aromatic heterocycles. The molecule has 2 nitrogen and oxygen atoms in total. The first-order chi connectivity index (χ1) is 6.88. The van der Waals surface area contributed by atoms with Crippen LogP contribution < -0.4 is 0 Å². The number of halogens is 1. The molecule has 2 heterocycles. The lowest BCUT2D eigenvalue weighted by Crippen LogP contribution is -2.42. The molecule has 0 aromatic rings. The third-order valence-corrected chi connectivity index (χ3v) is 4.91. The molecule has 0 amide bonds. The number of nitrogens with zero attached hydrogens (tertiary/aromatic N) is 2. The van der Waals surface area contributed by atoms with Gasteiger partial charge in [-0.25, -0.2) is 9.48 Å². The van der Waals surface area contributed by atoms with Crippen LogP contribution in [0.2, 0.25) is 0 Å². The second-order valence-corrected chi connectivity index (χ2v) is 6.26. The predicted molar refractivity (Wildman–Crippen MR) is 67.1 cm³/mol. The van der Waals surface area contributed by atoms with Crippen molar-refractivity contribution in [2.75, 3.05) is 49.2 Å². The van der Waals surface area contributed by atoms with Crippen molar-refractivity contribution in [1.82, 2.24) is 4.90 Å². The highest BCUT2D eigenvalue weighted by Gasteiger charge is 2.24. The van der Waals surface area contributed by atoms with Crippen molar-refractivity contribution < 1.29 is 4.58 Å². The van der Waals surface area contributed by atoms with E-state index in [1.165, 1.54) is 23.0 Å². The van der Waals surface area contributed by atoms with Crippen LogP contribution in [0.1, 0.15) is 0 Å². The molecule has 5 heteroatoms. The molecular formula is C9H16ClN2S2+. The van der Waals surface area contributed by atoms with E-state index in [-0.39, 0.29) is 0 Å². The zero-order valence-corrected chi connectivity index (χ0v) is 10.6. The van der Waals surface area contributed by atoms with Crippen LogP contribution in [-0.2, 0) is 0 Å². The van der Waals surface area contributed by atoms with Crippen molar-refractivity contribution in [1.29, 1.82) is 0 Å². The van der Waals surface area contributed by atoms with E-state index >= 15 is 0 Å². The minimum Gasteiger partial charge on any atom is -0.250 e. The molecule has 0 unspecified atom stereocenters. The Morgan fingerprint density at radius 2 is 1.57 bits per heavy atom. The first-order valence-electron chi connectivity index (χ1n) is 5.06. The Balaban J connectivity index is 1.99. The summed E-state index contributed by atoms with van der Waals surface area (Å²) in [5.74, 6) is 4.88. The van der Waals surface area contributed by atoms with Gasteiger partial charge in [0.05, 0.1) is 26.2 Å². The Hall–Kier alpha value is 0.460. The van der Waals surface area contributed by atoms with Crippen LogP contribution in [0.15, 0.2) is 0 Å². The lowest BCUT2D eigenvalue weighted by atomic mass is 10.5. The van der Waals surface area contributed by atoms with Gasteiger partial charge in [0.1, 0.15) is 0 Å². The van der Waals surface area contributed by atoms with Crippen molar-refractivity contribution in [3.63, 3.8) is 0 Å². The fraction of sp³-hybridized carbons (Fsp3) is 0.889. The van der Waals surface area contributed by atoms with Gasteiger partial charge >= 0.3 is 5.29 Å². The number of hydrogen-bond acceptors (Lipinski definition) is 2. The summed E-state index contributed by atoms with van der Waals surface area (Å²) in [5, 5.41) is 0.991.